The van der Waals surface area contributed by atoms with Gasteiger partial charge in [0, 0.05) is 45.3 Å². The summed E-state index contributed by atoms with van der Waals surface area (Å²) >= 11 is 0. The molecule has 8 nitrogen and oxygen atoms in total. The topological polar surface area (TPSA) is 75.3 Å². The number of nitrogens with zero attached hydrogens (tertiary/aromatic N) is 2. The third kappa shape index (κ3) is 4.86. The SMILES string of the molecule is CC(C)(C)OC(=O)N1CCO[C@@H]2CNC[C@@H]21.CN1CCO[C@@H]2CNC[C@@H]21. The molecule has 26 heavy (non-hydrogen) atoms. The third-order valence-corrected chi connectivity index (χ3v) is 5.29. The number of hydrogen-bond acceptors (Lipinski definition) is 7. The molecular formula is C18H34N4O4. The summed E-state index contributed by atoms with van der Waals surface area (Å²) in [7, 11) is 2.17. The van der Waals surface area contributed by atoms with Crippen molar-refractivity contribution in [3.8, 4) is 0 Å². The third-order valence-electron chi connectivity index (χ3n) is 5.29. The number of fused-ring (bicyclic) bond motifs is 2. The van der Waals surface area contributed by atoms with Gasteiger partial charge in [0.15, 0.2) is 0 Å². The van der Waals surface area contributed by atoms with E-state index >= 15 is 0 Å². The predicted octanol–water partition coefficient (Wildman–Crippen LogP) is -0.117. The molecule has 0 aromatic rings. The highest BCUT2D eigenvalue weighted by Crippen LogP contribution is 2.20. The van der Waals surface area contributed by atoms with Gasteiger partial charge in [-0.15, -0.1) is 0 Å². The van der Waals surface area contributed by atoms with Gasteiger partial charge in [-0.2, -0.15) is 0 Å². The van der Waals surface area contributed by atoms with E-state index < -0.39 is 5.60 Å². The molecule has 1 amide bonds. The van der Waals surface area contributed by atoms with Crippen LogP contribution in [0.3, 0.4) is 0 Å². The van der Waals surface area contributed by atoms with Crippen LogP contribution in [0.4, 0.5) is 4.79 Å². The fourth-order valence-corrected chi connectivity index (χ4v) is 3.90. The van der Waals surface area contributed by atoms with Gasteiger partial charge in [-0.25, -0.2) is 4.79 Å². The van der Waals surface area contributed by atoms with E-state index in [2.05, 4.69) is 22.6 Å². The molecule has 0 bridgehead atoms. The fraction of sp³-hybridized carbons (Fsp3) is 0.944. The van der Waals surface area contributed by atoms with E-state index in [1.54, 1.807) is 4.90 Å². The van der Waals surface area contributed by atoms with Crippen LogP contribution in [0.2, 0.25) is 0 Å². The normalized spacial score (nSPS) is 34.5. The standard InChI is InChI=1S/C11H20N2O3.C7H14N2O/c1-11(2,3)16-10(14)13-4-5-15-9-7-12-6-8(9)13;1-9-2-3-10-7-5-8-4-6(7)9/h8-9,12H,4-7H2,1-3H3;6-8H,2-5H2,1H3/t8-,9+;6-,7+/m00/s1. The zero-order valence-electron chi connectivity index (χ0n) is 16.5. The van der Waals surface area contributed by atoms with Crippen molar-refractivity contribution in [2.75, 3.05) is 59.5 Å². The van der Waals surface area contributed by atoms with E-state index in [-0.39, 0.29) is 18.2 Å². The summed E-state index contributed by atoms with van der Waals surface area (Å²) in [5.74, 6) is 0. The van der Waals surface area contributed by atoms with Crippen molar-refractivity contribution in [1.29, 1.82) is 0 Å². The minimum atomic E-state index is -0.434. The summed E-state index contributed by atoms with van der Waals surface area (Å²) in [6, 6.07) is 0.761. The van der Waals surface area contributed by atoms with E-state index in [4.69, 9.17) is 14.2 Å². The number of carbonyl (C=O) groups excluding carboxylic acids is 1. The Labute approximate surface area is 156 Å². The van der Waals surface area contributed by atoms with Crippen LogP contribution in [0.1, 0.15) is 20.8 Å². The minimum absolute atomic E-state index is 0.126. The van der Waals surface area contributed by atoms with E-state index in [9.17, 15) is 4.79 Å². The number of hydrogen-bond donors (Lipinski definition) is 2. The number of ether oxygens (including phenoxy) is 3. The quantitative estimate of drug-likeness (QED) is 0.616. The van der Waals surface area contributed by atoms with Gasteiger partial charge in [-0.05, 0) is 27.8 Å². The molecule has 2 N–H and O–H groups in total. The van der Waals surface area contributed by atoms with Crippen LogP contribution in [-0.2, 0) is 14.2 Å². The smallest absolute Gasteiger partial charge is 0.410 e. The van der Waals surface area contributed by atoms with E-state index in [0.29, 0.717) is 25.3 Å². The first-order valence-electron chi connectivity index (χ1n) is 9.69. The molecule has 4 heterocycles. The lowest BCUT2D eigenvalue weighted by Gasteiger charge is -2.37. The lowest BCUT2D eigenvalue weighted by atomic mass is 10.1. The Balaban J connectivity index is 0.000000167. The number of rotatable bonds is 0. The summed E-state index contributed by atoms with van der Waals surface area (Å²) < 4.78 is 16.6. The first kappa shape index (κ1) is 19.8. The van der Waals surface area contributed by atoms with E-state index in [1.165, 1.54) is 0 Å². The van der Waals surface area contributed by atoms with Crippen LogP contribution in [0.25, 0.3) is 0 Å². The highest BCUT2D eigenvalue weighted by atomic mass is 16.6. The highest BCUT2D eigenvalue weighted by Gasteiger charge is 2.40. The maximum atomic E-state index is 12.0. The van der Waals surface area contributed by atoms with Crippen molar-refractivity contribution in [2.24, 2.45) is 0 Å². The van der Waals surface area contributed by atoms with Crippen molar-refractivity contribution in [3.63, 3.8) is 0 Å². The molecule has 4 aliphatic rings. The molecule has 0 aliphatic carbocycles. The van der Waals surface area contributed by atoms with Crippen molar-refractivity contribution in [3.05, 3.63) is 0 Å². The van der Waals surface area contributed by atoms with Crippen LogP contribution in [0.5, 0.6) is 0 Å². The van der Waals surface area contributed by atoms with Crippen LogP contribution < -0.4 is 10.6 Å². The summed E-state index contributed by atoms with van der Waals surface area (Å²) in [5, 5.41) is 6.57. The van der Waals surface area contributed by atoms with Crippen molar-refractivity contribution < 1.29 is 19.0 Å². The molecule has 8 heteroatoms. The Kier molecular flexibility index (Phi) is 6.40. The van der Waals surface area contributed by atoms with Gasteiger partial charge in [0.1, 0.15) is 5.60 Å². The number of nitrogens with one attached hydrogen (secondary N) is 2. The Morgan fingerprint density at radius 1 is 0.962 bits per heavy atom. The van der Waals surface area contributed by atoms with Crippen LogP contribution in [-0.4, -0.2) is 105 Å². The highest BCUT2D eigenvalue weighted by molar-refractivity contribution is 5.69. The minimum Gasteiger partial charge on any atom is -0.444 e. The van der Waals surface area contributed by atoms with Gasteiger partial charge in [-0.3, -0.25) is 9.80 Å². The lowest BCUT2D eigenvalue weighted by Crippen LogP contribution is -2.54. The maximum absolute atomic E-state index is 12.0. The van der Waals surface area contributed by atoms with Gasteiger partial charge >= 0.3 is 6.09 Å². The van der Waals surface area contributed by atoms with Crippen LogP contribution in [0, 0.1) is 0 Å². The molecule has 0 spiro atoms. The maximum Gasteiger partial charge on any atom is 0.410 e. The second-order valence-corrected chi connectivity index (χ2v) is 8.42. The zero-order valence-corrected chi connectivity index (χ0v) is 16.5. The number of amides is 1. The average Bonchev–Trinajstić information content (AvgIpc) is 3.23. The molecule has 150 valence electrons. The molecule has 4 rings (SSSR count). The molecule has 4 aliphatic heterocycles. The van der Waals surface area contributed by atoms with Gasteiger partial charge in [0.25, 0.3) is 0 Å². The second kappa shape index (κ2) is 8.39. The monoisotopic (exact) mass is 370 g/mol. The molecular weight excluding hydrogens is 336 g/mol. The molecule has 0 unspecified atom stereocenters. The number of morpholine rings is 2. The molecule has 4 atom stereocenters. The fourth-order valence-electron chi connectivity index (χ4n) is 3.90. The summed E-state index contributed by atoms with van der Waals surface area (Å²) in [4.78, 5) is 16.2. The Morgan fingerprint density at radius 2 is 1.54 bits per heavy atom. The van der Waals surface area contributed by atoms with Crippen molar-refractivity contribution in [2.45, 2.75) is 50.7 Å². The van der Waals surface area contributed by atoms with Crippen LogP contribution in [0.15, 0.2) is 0 Å². The summed E-state index contributed by atoms with van der Waals surface area (Å²) in [6.07, 6.45) is 0.356. The molecule has 0 aromatic heterocycles. The average molecular weight is 370 g/mol. The molecule has 0 saturated carbocycles. The Bertz CT molecular complexity index is 484. The first-order chi connectivity index (χ1) is 12.3. The Hall–Kier alpha value is -0.930. The van der Waals surface area contributed by atoms with Crippen molar-refractivity contribution >= 4 is 6.09 Å². The van der Waals surface area contributed by atoms with Crippen LogP contribution >= 0.6 is 0 Å². The zero-order chi connectivity index (χ0) is 18.7. The Morgan fingerprint density at radius 3 is 2.15 bits per heavy atom. The first-order valence-corrected chi connectivity index (χ1v) is 9.69. The molecule has 4 fully saturated rings. The van der Waals surface area contributed by atoms with E-state index in [0.717, 1.165) is 39.3 Å². The van der Waals surface area contributed by atoms with Crippen molar-refractivity contribution in [1.82, 2.24) is 20.4 Å². The predicted molar refractivity (Wildman–Crippen MR) is 98.4 cm³/mol. The lowest BCUT2D eigenvalue weighted by molar-refractivity contribution is -0.0567. The van der Waals surface area contributed by atoms with Gasteiger partial charge in [0.05, 0.1) is 31.5 Å². The number of likely N-dealkylation sites (N-methyl/N-ethyl adjacent to an activating group) is 1. The number of carbonyl (C=O) groups is 1. The largest absolute Gasteiger partial charge is 0.444 e. The van der Waals surface area contributed by atoms with E-state index in [1.807, 2.05) is 20.8 Å². The molecule has 4 saturated heterocycles. The summed E-state index contributed by atoms with van der Waals surface area (Å²) in [5.41, 5.74) is -0.434. The van der Waals surface area contributed by atoms with Gasteiger partial charge in [-0.1, -0.05) is 0 Å². The second-order valence-electron chi connectivity index (χ2n) is 8.42. The summed E-state index contributed by atoms with van der Waals surface area (Å²) in [6.45, 7) is 12.6. The van der Waals surface area contributed by atoms with Gasteiger partial charge < -0.3 is 24.8 Å². The molecule has 0 aromatic carbocycles. The molecule has 0 radical (unpaired) electrons. The van der Waals surface area contributed by atoms with Gasteiger partial charge in [0.2, 0.25) is 0 Å².